The molecule has 178 valence electrons. The van der Waals surface area contributed by atoms with Gasteiger partial charge in [0.1, 0.15) is 11.6 Å². The number of hydrogen-bond acceptors (Lipinski definition) is 2. The zero-order valence-corrected chi connectivity index (χ0v) is 20.1. The van der Waals surface area contributed by atoms with Crippen LogP contribution >= 0.6 is 0 Å². The van der Waals surface area contributed by atoms with Gasteiger partial charge in [-0.25, -0.2) is 4.39 Å². The summed E-state index contributed by atoms with van der Waals surface area (Å²) in [5, 5.41) is 0. The molecule has 0 fully saturated rings. The molecule has 0 spiro atoms. The van der Waals surface area contributed by atoms with Gasteiger partial charge in [-0.05, 0) is 30.7 Å². The summed E-state index contributed by atoms with van der Waals surface area (Å²) in [6.07, 6.45) is 26.0. The molecule has 0 N–H and O–H groups in total. The Bertz CT molecular complexity index is 526. The van der Waals surface area contributed by atoms with E-state index in [1.54, 1.807) is 0 Å². The Morgan fingerprint density at radius 1 is 0.613 bits per heavy atom. The van der Waals surface area contributed by atoms with Gasteiger partial charge >= 0.3 is 5.97 Å². The van der Waals surface area contributed by atoms with Crippen molar-refractivity contribution in [1.82, 2.24) is 0 Å². The molecule has 0 aliphatic rings. The summed E-state index contributed by atoms with van der Waals surface area (Å²) in [4.78, 5) is 11.8. The van der Waals surface area contributed by atoms with Gasteiger partial charge in [0.25, 0.3) is 0 Å². The van der Waals surface area contributed by atoms with E-state index in [-0.39, 0.29) is 11.8 Å². The van der Waals surface area contributed by atoms with Crippen LogP contribution in [-0.2, 0) is 4.79 Å². The van der Waals surface area contributed by atoms with Crippen molar-refractivity contribution in [3.63, 3.8) is 0 Å². The van der Waals surface area contributed by atoms with Gasteiger partial charge < -0.3 is 4.74 Å². The van der Waals surface area contributed by atoms with Crippen LogP contribution in [0.5, 0.6) is 5.75 Å². The maximum atomic E-state index is 12.8. The van der Waals surface area contributed by atoms with Crippen LogP contribution in [0.25, 0.3) is 0 Å². The minimum absolute atomic E-state index is 0.224. The zero-order valence-electron chi connectivity index (χ0n) is 20.1. The molecule has 0 aliphatic carbocycles. The van der Waals surface area contributed by atoms with Gasteiger partial charge in [-0.2, -0.15) is 0 Å². The van der Waals surface area contributed by atoms with E-state index in [0.29, 0.717) is 12.2 Å². The summed E-state index contributed by atoms with van der Waals surface area (Å²) < 4.78 is 18.0. The molecule has 1 rings (SSSR count). The Morgan fingerprint density at radius 3 is 1.35 bits per heavy atom. The topological polar surface area (TPSA) is 26.3 Å². The smallest absolute Gasteiger partial charge is 0.311 e. The molecule has 2 nitrogen and oxygen atoms in total. The van der Waals surface area contributed by atoms with Crippen LogP contribution in [0.4, 0.5) is 4.39 Å². The van der Waals surface area contributed by atoms with Crippen LogP contribution in [-0.4, -0.2) is 5.97 Å². The fourth-order valence-electron chi connectivity index (χ4n) is 4.03. The van der Waals surface area contributed by atoms with Crippen LogP contribution in [0.3, 0.4) is 0 Å². The predicted octanol–water partition coefficient (Wildman–Crippen LogP) is 9.55. The molecule has 31 heavy (non-hydrogen) atoms. The molecule has 0 atom stereocenters. The van der Waals surface area contributed by atoms with Gasteiger partial charge in [-0.1, -0.05) is 122 Å². The van der Waals surface area contributed by atoms with Crippen molar-refractivity contribution in [2.24, 2.45) is 0 Å². The normalized spacial score (nSPS) is 11.0. The standard InChI is InChI=1S/C28H47FO2/c1-2-3-4-5-6-7-8-9-10-11-12-13-14-15-16-17-18-19-20-21-28(30)31-27-24-22-26(29)23-25-27/h22-25H,2-21H2,1H3. The number of unbranched alkanes of at least 4 members (excludes halogenated alkanes) is 18. The third kappa shape index (κ3) is 17.9. The highest BCUT2D eigenvalue weighted by Crippen LogP contribution is 2.16. The molecule has 3 heteroatoms. The SMILES string of the molecule is CCCCCCCCCCCCCCCCCCCCCC(=O)Oc1ccc(F)cc1. The summed E-state index contributed by atoms with van der Waals surface area (Å²) >= 11 is 0. The second-order valence-electron chi connectivity index (χ2n) is 9.04. The molecule has 0 bridgehead atoms. The van der Waals surface area contributed by atoms with Crippen LogP contribution < -0.4 is 4.74 Å². The first kappa shape index (κ1) is 27.7. The second kappa shape index (κ2) is 20.5. The molecule has 0 unspecified atom stereocenters. The molecular weight excluding hydrogens is 387 g/mol. The number of rotatable bonds is 21. The highest BCUT2D eigenvalue weighted by atomic mass is 19.1. The van der Waals surface area contributed by atoms with Crippen molar-refractivity contribution in [3.8, 4) is 5.75 Å². The minimum atomic E-state index is -0.321. The lowest BCUT2D eigenvalue weighted by Gasteiger charge is -2.05. The van der Waals surface area contributed by atoms with Crippen molar-refractivity contribution < 1.29 is 13.9 Å². The van der Waals surface area contributed by atoms with E-state index in [2.05, 4.69) is 6.92 Å². The maximum absolute atomic E-state index is 12.8. The number of carbonyl (C=O) groups excluding carboxylic acids is 1. The first-order chi connectivity index (χ1) is 15.2. The van der Waals surface area contributed by atoms with Crippen LogP contribution in [0.1, 0.15) is 135 Å². The van der Waals surface area contributed by atoms with Gasteiger partial charge in [0.2, 0.25) is 0 Å². The summed E-state index contributed by atoms with van der Waals surface area (Å²) in [7, 11) is 0. The Balaban J connectivity index is 1.75. The van der Waals surface area contributed by atoms with Gasteiger partial charge in [-0.15, -0.1) is 0 Å². The lowest BCUT2D eigenvalue weighted by molar-refractivity contribution is -0.134. The number of esters is 1. The fourth-order valence-corrected chi connectivity index (χ4v) is 4.03. The van der Waals surface area contributed by atoms with E-state index in [0.717, 1.165) is 12.8 Å². The van der Waals surface area contributed by atoms with Gasteiger partial charge in [0.15, 0.2) is 0 Å². The Kier molecular flexibility index (Phi) is 18.3. The fraction of sp³-hybridized carbons (Fsp3) is 0.750. The quantitative estimate of drug-likeness (QED) is 0.109. The van der Waals surface area contributed by atoms with E-state index in [1.165, 1.54) is 133 Å². The first-order valence-corrected chi connectivity index (χ1v) is 13.2. The summed E-state index contributed by atoms with van der Waals surface area (Å²) in [6, 6.07) is 5.59. The number of halogens is 1. The molecule has 0 saturated carbocycles. The van der Waals surface area contributed by atoms with Crippen LogP contribution in [0.15, 0.2) is 24.3 Å². The largest absolute Gasteiger partial charge is 0.427 e. The Morgan fingerprint density at radius 2 is 0.968 bits per heavy atom. The summed E-state index contributed by atoms with van der Waals surface area (Å²) in [5.74, 6) is -0.124. The van der Waals surface area contributed by atoms with Gasteiger partial charge in [-0.3, -0.25) is 4.79 Å². The molecule has 0 aliphatic heterocycles. The molecule has 1 aromatic rings. The molecule has 0 saturated heterocycles. The van der Waals surface area contributed by atoms with Gasteiger partial charge in [0, 0.05) is 6.42 Å². The van der Waals surface area contributed by atoms with Crippen molar-refractivity contribution in [3.05, 3.63) is 30.1 Å². The molecule has 0 radical (unpaired) electrons. The second-order valence-corrected chi connectivity index (χ2v) is 9.04. The van der Waals surface area contributed by atoms with Crippen molar-refractivity contribution >= 4 is 5.97 Å². The molecular formula is C28H47FO2. The minimum Gasteiger partial charge on any atom is -0.427 e. The highest BCUT2D eigenvalue weighted by molar-refractivity contribution is 5.72. The number of benzene rings is 1. The zero-order chi connectivity index (χ0) is 22.4. The van der Waals surface area contributed by atoms with E-state index in [1.807, 2.05) is 0 Å². The number of ether oxygens (including phenoxy) is 1. The van der Waals surface area contributed by atoms with Gasteiger partial charge in [0.05, 0.1) is 0 Å². The maximum Gasteiger partial charge on any atom is 0.311 e. The van der Waals surface area contributed by atoms with E-state index >= 15 is 0 Å². The molecule has 0 amide bonds. The Hall–Kier alpha value is -1.38. The van der Waals surface area contributed by atoms with Crippen LogP contribution in [0.2, 0.25) is 0 Å². The van der Waals surface area contributed by atoms with E-state index < -0.39 is 0 Å². The monoisotopic (exact) mass is 434 g/mol. The summed E-state index contributed by atoms with van der Waals surface area (Å²) in [5.41, 5.74) is 0. The average molecular weight is 435 g/mol. The average Bonchev–Trinajstić information content (AvgIpc) is 2.77. The predicted molar refractivity (Wildman–Crippen MR) is 130 cm³/mol. The lowest BCUT2D eigenvalue weighted by Crippen LogP contribution is -2.07. The molecule has 1 aromatic carbocycles. The first-order valence-electron chi connectivity index (χ1n) is 13.2. The lowest BCUT2D eigenvalue weighted by atomic mass is 10.0. The summed E-state index contributed by atoms with van der Waals surface area (Å²) in [6.45, 7) is 2.28. The molecule has 0 heterocycles. The third-order valence-corrected chi connectivity index (χ3v) is 6.03. The van der Waals surface area contributed by atoms with Crippen molar-refractivity contribution in [2.45, 2.75) is 135 Å². The Labute approximate surface area is 191 Å². The van der Waals surface area contributed by atoms with E-state index in [4.69, 9.17) is 4.74 Å². The van der Waals surface area contributed by atoms with E-state index in [9.17, 15) is 9.18 Å². The highest BCUT2D eigenvalue weighted by Gasteiger charge is 2.04. The number of carbonyl (C=O) groups is 1. The van der Waals surface area contributed by atoms with Crippen molar-refractivity contribution in [2.75, 3.05) is 0 Å². The van der Waals surface area contributed by atoms with Crippen LogP contribution in [0, 0.1) is 5.82 Å². The molecule has 0 aromatic heterocycles. The third-order valence-electron chi connectivity index (χ3n) is 6.03. The van der Waals surface area contributed by atoms with Crippen molar-refractivity contribution in [1.29, 1.82) is 0 Å². The number of hydrogen-bond donors (Lipinski definition) is 0.